The van der Waals surface area contributed by atoms with Crippen molar-refractivity contribution in [2.24, 2.45) is 0 Å². The van der Waals surface area contributed by atoms with E-state index in [1.807, 2.05) is 20.8 Å². The molecule has 0 aromatic heterocycles. The summed E-state index contributed by atoms with van der Waals surface area (Å²) in [5, 5.41) is 0. The molecule has 0 saturated carbocycles. The summed E-state index contributed by atoms with van der Waals surface area (Å²) < 4.78 is 21.6. The van der Waals surface area contributed by atoms with Crippen molar-refractivity contribution in [2.75, 3.05) is 33.0 Å². The van der Waals surface area contributed by atoms with Crippen molar-refractivity contribution in [3.8, 4) is 0 Å². The van der Waals surface area contributed by atoms with E-state index in [1.165, 1.54) is 0 Å². The molecule has 0 fully saturated rings. The van der Waals surface area contributed by atoms with Crippen LogP contribution in [0.3, 0.4) is 0 Å². The Hall–Kier alpha value is 0.0700. The van der Waals surface area contributed by atoms with Crippen LogP contribution in [-0.4, -0.2) is 42.3 Å². The van der Waals surface area contributed by atoms with Crippen LogP contribution >= 0.6 is 7.82 Å². The second-order valence-corrected chi connectivity index (χ2v) is 4.89. The Labute approximate surface area is 92.2 Å². The average molecular weight is 240 g/mol. The van der Waals surface area contributed by atoms with Gasteiger partial charge in [0.25, 0.3) is 0 Å². The molecule has 0 saturated heterocycles. The Morgan fingerprint density at radius 2 is 1.53 bits per heavy atom. The first kappa shape index (κ1) is 15.1. The predicted octanol–water partition coefficient (Wildman–Crippen LogP) is 1.97. The van der Waals surface area contributed by atoms with E-state index in [9.17, 15) is 9.46 Å². The summed E-state index contributed by atoms with van der Waals surface area (Å²) in [6.45, 7) is 10.8. The van der Waals surface area contributed by atoms with Crippen molar-refractivity contribution in [2.45, 2.75) is 27.7 Å². The normalized spacial score (nSPS) is 16.3. The lowest BCUT2D eigenvalue weighted by molar-refractivity contribution is -0.938. The lowest BCUT2D eigenvalue weighted by atomic mass is 10.4. The van der Waals surface area contributed by atoms with Crippen LogP contribution < -0.4 is 0 Å². The minimum atomic E-state index is -3.84. The zero-order valence-electron chi connectivity index (χ0n) is 10.1. The van der Waals surface area contributed by atoms with Gasteiger partial charge in [-0.1, -0.05) is 0 Å². The van der Waals surface area contributed by atoms with Crippen molar-refractivity contribution in [1.29, 1.82) is 0 Å². The largest absolute Gasteiger partial charge is 0.476 e. The van der Waals surface area contributed by atoms with Crippen molar-refractivity contribution in [3.63, 3.8) is 0 Å². The van der Waals surface area contributed by atoms with Crippen LogP contribution in [0.25, 0.3) is 0 Å². The molecule has 0 aliphatic heterocycles. The highest BCUT2D eigenvalue weighted by Gasteiger charge is 2.28. The Bertz CT molecular complexity index is 210. The summed E-state index contributed by atoms with van der Waals surface area (Å²) in [4.78, 5) is 9.27. The summed E-state index contributed by atoms with van der Waals surface area (Å²) >= 11 is 0. The molecule has 1 unspecified atom stereocenters. The zero-order valence-corrected chi connectivity index (χ0v) is 11.0. The lowest BCUT2D eigenvalue weighted by Crippen LogP contribution is -2.48. The molecule has 0 rings (SSSR count). The summed E-state index contributed by atoms with van der Waals surface area (Å²) in [5.74, 6) is 0. The maximum Gasteiger partial charge on any atom is 0.476 e. The zero-order chi connectivity index (χ0) is 11.9. The molecule has 0 spiro atoms. The molecule has 0 aliphatic carbocycles. The second kappa shape index (κ2) is 6.61. The molecule has 0 amide bonds. The fourth-order valence-electron chi connectivity index (χ4n) is 1.34. The molecule has 1 N–H and O–H groups in total. The quantitative estimate of drug-likeness (QED) is 0.400. The van der Waals surface area contributed by atoms with E-state index < -0.39 is 7.82 Å². The average Bonchev–Trinajstić information content (AvgIpc) is 2.21. The van der Waals surface area contributed by atoms with Gasteiger partial charge in [0, 0.05) is 0 Å². The minimum Gasteiger partial charge on any atom is -0.302 e. The third kappa shape index (κ3) is 5.09. The number of phosphoric acid groups is 1. The van der Waals surface area contributed by atoms with Gasteiger partial charge in [-0.15, -0.1) is 0 Å². The molecule has 1 atom stereocenters. The summed E-state index contributed by atoms with van der Waals surface area (Å²) in [5.41, 5.74) is 0. The molecule has 0 aromatic carbocycles. The molecule has 0 bridgehead atoms. The fraction of sp³-hybridized carbons (Fsp3) is 1.00. The van der Waals surface area contributed by atoms with Gasteiger partial charge in [-0.25, -0.2) is 9.09 Å². The second-order valence-electron chi connectivity index (χ2n) is 3.43. The minimum absolute atomic E-state index is 0.179. The number of hydrogen-bond donors (Lipinski definition) is 1. The first-order valence-corrected chi connectivity index (χ1v) is 6.91. The SMILES string of the molecule is CCOP(=O)(O)OC[N+](CC)(CC)CC. The topological polar surface area (TPSA) is 55.8 Å². The monoisotopic (exact) mass is 240 g/mol. The number of hydrogen-bond acceptors (Lipinski definition) is 3. The van der Waals surface area contributed by atoms with Gasteiger partial charge in [0.1, 0.15) is 0 Å². The lowest BCUT2D eigenvalue weighted by Gasteiger charge is -2.35. The van der Waals surface area contributed by atoms with Gasteiger partial charge in [-0.05, 0) is 27.7 Å². The van der Waals surface area contributed by atoms with E-state index in [0.717, 1.165) is 19.6 Å². The molecule has 0 aromatic rings. The van der Waals surface area contributed by atoms with E-state index >= 15 is 0 Å². The van der Waals surface area contributed by atoms with Crippen molar-refractivity contribution >= 4 is 7.82 Å². The van der Waals surface area contributed by atoms with E-state index in [2.05, 4.69) is 4.52 Å². The van der Waals surface area contributed by atoms with E-state index in [1.54, 1.807) is 6.92 Å². The van der Waals surface area contributed by atoms with Crippen LogP contribution in [0.2, 0.25) is 0 Å². The fourth-order valence-corrected chi connectivity index (χ4v) is 2.13. The van der Waals surface area contributed by atoms with Crippen LogP contribution in [-0.2, 0) is 13.6 Å². The number of rotatable bonds is 8. The van der Waals surface area contributed by atoms with Gasteiger partial charge >= 0.3 is 7.82 Å². The third-order valence-corrected chi connectivity index (χ3v) is 3.83. The first-order chi connectivity index (χ1) is 6.95. The van der Waals surface area contributed by atoms with Crippen LogP contribution in [0, 0.1) is 0 Å². The van der Waals surface area contributed by atoms with Crippen molar-refractivity contribution < 1.29 is 23.0 Å². The maximum absolute atomic E-state index is 11.3. The Morgan fingerprint density at radius 3 is 1.87 bits per heavy atom. The highest BCUT2D eigenvalue weighted by molar-refractivity contribution is 7.47. The highest BCUT2D eigenvalue weighted by Crippen LogP contribution is 2.43. The summed E-state index contributed by atoms with van der Waals surface area (Å²) in [7, 11) is -3.84. The van der Waals surface area contributed by atoms with Crippen LogP contribution in [0.1, 0.15) is 27.7 Å². The van der Waals surface area contributed by atoms with Gasteiger partial charge in [-0.2, -0.15) is 0 Å². The van der Waals surface area contributed by atoms with Gasteiger partial charge in [0.2, 0.25) is 0 Å². The standard InChI is InChI=1S/C9H22NO4P/c1-5-10(6-2,7-3)9-14-15(11,12)13-8-4/h5-9H2,1-4H3/p+1. The number of phosphoric ester groups is 1. The van der Waals surface area contributed by atoms with Gasteiger partial charge in [-0.3, -0.25) is 4.52 Å². The van der Waals surface area contributed by atoms with Crippen molar-refractivity contribution in [3.05, 3.63) is 0 Å². The third-order valence-electron chi connectivity index (χ3n) is 2.80. The maximum atomic E-state index is 11.3. The van der Waals surface area contributed by atoms with Crippen LogP contribution in [0.5, 0.6) is 0 Å². The predicted molar refractivity (Wildman–Crippen MR) is 59.3 cm³/mol. The van der Waals surface area contributed by atoms with Crippen LogP contribution in [0.4, 0.5) is 0 Å². The molecule has 0 heterocycles. The van der Waals surface area contributed by atoms with E-state index in [0.29, 0.717) is 4.48 Å². The molecule has 6 heteroatoms. The van der Waals surface area contributed by atoms with Crippen molar-refractivity contribution in [1.82, 2.24) is 0 Å². The van der Waals surface area contributed by atoms with Gasteiger partial charge in [0.05, 0.1) is 26.2 Å². The summed E-state index contributed by atoms with van der Waals surface area (Å²) in [6.07, 6.45) is 0. The number of quaternary nitrogens is 1. The van der Waals surface area contributed by atoms with Gasteiger partial charge in [0.15, 0.2) is 6.73 Å². The molecular formula is C9H23NO4P+. The van der Waals surface area contributed by atoms with E-state index in [-0.39, 0.29) is 13.3 Å². The highest BCUT2D eigenvalue weighted by atomic mass is 31.2. The smallest absolute Gasteiger partial charge is 0.302 e. The molecule has 0 radical (unpaired) electrons. The first-order valence-electron chi connectivity index (χ1n) is 5.42. The molecule has 15 heavy (non-hydrogen) atoms. The van der Waals surface area contributed by atoms with E-state index in [4.69, 9.17) is 4.52 Å². The molecule has 0 aliphatic rings. The summed E-state index contributed by atoms with van der Waals surface area (Å²) in [6, 6.07) is 0. The molecule has 5 nitrogen and oxygen atoms in total. The Balaban J connectivity index is 4.27. The number of nitrogens with zero attached hydrogens (tertiary/aromatic N) is 1. The van der Waals surface area contributed by atoms with Crippen LogP contribution in [0.15, 0.2) is 0 Å². The molecular weight excluding hydrogens is 217 g/mol. The Kier molecular flexibility index (Phi) is 6.64. The Morgan fingerprint density at radius 1 is 1.07 bits per heavy atom. The molecule has 92 valence electrons. The van der Waals surface area contributed by atoms with Gasteiger partial charge < -0.3 is 9.38 Å².